The highest BCUT2D eigenvalue weighted by Crippen LogP contribution is 2.36. The highest BCUT2D eigenvalue weighted by atomic mass is 16.7. The fourth-order valence-electron chi connectivity index (χ4n) is 2.28. The number of hydrogen-bond donors (Lipinski definition) is 0. The van der Waals surface area contributed by atoms with Gasteiger partial charge in [-0.1, -0.05) is 18.5 Å². The first-order valence-corrected chi connectivity index (χ1v) is 8.67. The Balaban J connectivity index is 2.13. The first kappa shape index (κ1) is 20.2. The third-order valence-corrected chi connectivity index (χ3v) is 4.24. The number of ether oxygens (including phenoxy) is 1. The van der Waals surface area contributed by atoms with E-state index in [-0.39, 0.29) is 29.9 Å². The average Bonchev–Trinajstić information content (AvgIpc) is 2.54. The average molecular weight is 324 g/mol. The second-order valence-electron chi connectivity index (χ2n) is 8.24. The molecule has 0 aromatic carbocycles. The van der Waals surface area contributed by atoms with Gasteiger partial charge in [-0.25, -0.2) is 0 Å². The van der Waals surface area contributed by atoms with Crippen molar-refractivity contribution in [1.82, 2.24) is 0 Å². The topological polar surface area (TPSA) is 44.8 Å². The van der Waals surface area contributed by atoms with E-state index < -0.39 is 0 Å². The zero-order chi connectivity index (χ0) is 17.7. The Kier molecular flexibility index (Phi) is 6.90. The molecule has 0 spiro atoms. The number of esters is 1. The minimum Gasteiger partial charge on any atom is -0.460 e. The monoisotopic (exact) mass is 324 g/mol. The third-order valence-electron chi connectivity index (χ3n) is 4.24. The summed E-state index contributed by atoms with van der Waals surface area (Å²) in [7, 11) is -0.262. The Morgan fingerprint density at radius 2 is 1.61 bits per heavy atom. The van der Waals surface area contributed by atoms with Crippen molar-refractivity contribution in [2.75, 3.05) is 0 Å². The molecule has 0 N–H and O–H groups in total. The number of carbonyl (C=O) groups is 1. The molecule has 0 bridgehead atoms. The molecule has 0 aromatic rings. The van der Waals surface area contributed by atoms with Crippen molar-refractivity contribution in [1.29, 1.82) is 0 Å². The maximum atomic E-state index is 11.6. The SMILES string of the molecule is CC(C)(C)OC(=O)CCCCC/C=C/B1OC(C)(C)C(C)(C)O1. The smallest absolute Gasteiger partial charge is 0.460 e. The Hall–Kier alpha value is -0.805. The number of allylic oxidation sites excluding steroid dienone is 1. The van der Waals surface area contributed by atoms with Gasteiger partial charge < -0.3 is 14.0 Å². The lowest BCUT2D eigenvalue weighted by atomic mass is 9.89. The van der Waals surface area contributed by atoms with E-state index in [2.05, 4.69) is 33.8 Å². The highest BCUT2D eigenvalue weighted by Gasteiger charge is 2.49. The molecular weight excluding hydrogens is 291 g/mol. The van der Waals surface area contributed by atoms with E-state index in [1.54, 1.807) is 0 Å². The lowest BCUT2D eigenvalue weighted by molar-refractivity contribution is -0.154. The molecule has 1 rings (SSSR count). The van der Waals surface area contributed by atoms with Crippen LogP contribution in [0.4, 0.5) is 0 Å². The van der Waals surface area contributed by atoms with Crippen molar-refractivity contribution < 1.29 is 18.8 Å². The van der Waals surface area contributed by atoms with Crippen LogP contribution in [0.1, 0.15) is 80.6 Å². The van der Waals surface area contributed by atoms with E-state index in [1.807, 2.05) is 26.7 Å². The summed E-state index contributed by atoms with van der Waals surface area (Å²) < 4.78 is 17.1. The summed E-state index contributed by atoms with van der Waals surface area (Å²) >= 11 is 0. The molecule has 0 aliphatic carbocycles. The van der Waals surface area contributed by atoms with Crippen LogP contribution in [0.25, 0.3) is 0 Å². The summed E-state index contributed by atoms with van der Waals surface area (Å²) in [5.41, 5.74) is -0.951. The predicted octanol–water partition coefficient (Wildman–Crippen LogP) is 4.47. The minimum atomic E-state index is -0.386. The lowest BCUT2D eigenvalue weighted by Crippen LogP contribution is -2.41. The molecule has 4 nitrogen and oxygen atoms in total. The van der Waals surface area contributed by atoms with Gasteiger partial charge in [0, 0.05) is 6.42 Å². The predicted molar refractivity (Wildman–Crippen MR) is 94.2 cm³/mol. The van der Waals surface area contributed by atoms with Crippen LogP contribution in [0.2, 0.25) is 0 Å². The molecule has 0 aromatic heterocycles. The Morgan fingerprint density at radius 1 is 1.04 bits per heavy atom. The first-order valence-electron chi connectivity index (χ1n) is 8.67. The molecule has 5 heteroatoms. The van der Waals surface area contributed by atoms with Crippen molar-refractivity contribution in [3.63, 3.8) is 0 Å². The van der Waals surface area contributed by atoms with Gasteiger partial charge in [0.15, 0.2) is 0 Å². The van der Waals surface area contributed by atoms with Crippen molar-refractivity contribution in [2.24, 2.45) is 0 Å². The van der Waals surface area contributed by atoms with Crippen LogP contribution in [-0.2, 0) is 18.8 Å². The molecule has 0 atom stereocenters. The molecule has 0 amide bonds. The second-order valence-corrected chi connectivity index (χ2v) is 8.24. The van der Waals surface area contributed by atoms with E-state index in [0.29, 0.717) is 6.42 Å². The molecule has 1 saturated heterocycles. The van der Waals surface area contributed by atoms with Gasteiger partial charge in [0.05, 0.1) is 11.2 Å². The van der Waals surface area contributed by atoms with Gasteiger partial charge in [-0.05, 0) is 67.7 Å². The molecule has 1 fully saturated rings. The molecule has 1 aliphatic rings. The Morgan fingerprint density at radius 3 is 2.13 bits per heavy atom. The van der Waals surface area contributed by atoms with Gasteiger partial charge in [0.1, 0.15) is 5.60 Å². The number of carbonyl (C=O) groups excluding carboxylic acids is 1. The molecule has 1 aliphatic heterocycles. The standard InChI is InChI=1S/C18H33BO4/c1-16(2,3)21-15(20)13-11-9-8-10-12-14-19-22-17(4,5)18(6,7)23-19/h12,14H,8-11,13H2,1-7H3/b14-12+. The van der Waals surface area contributed by atoms with Crippen LogP contribution in [-0.4, -0.2) is 29.9 Å². The van der Waals surface area contributed by atoms with Gasteiger partial charge in [-0.15, -0.1) is 0 Å². The Bertz CT molecular complexity index is 405. The third kappa shape index (κ3) is 7.09. The number of rotatable bonds is 7. The van der Waals surface area contributed by atoms with E-state index >= 15 is 0 Å². The summed E-state index contributed by atoms with van der Waals surface area (Å²) in [6.07, 6.45) is 6.53. The van der Waals surface area contributed by atoms with Crippen LogP contribution in [0.3, 0.4) is 0 Å². The van der Waals surface area contributed by atoms with Crippen molar-refractivity contribution in [2.45, 2.75) is 97.4 Å². The molecule has 0 unspecified atom stereocenters. The normalized spacial score (nSPS) is 20.2. The quantitative estimate of drug-likeness (QED) is 0.394. The maximum absolute atomic E-state index is 11.6. The van der Waals surface area contributed by atoms with Crippen LogP contribution < -0.4 is 0 Å². The van der Waals surface area contributed by atoms with Gasteiger partial charge in [0.2, 0.25) is 0 Å². The molecule has 1 heterocycles. The zero-order valence-electron chi connectivity index (χ0n) is 15.9. The Labute approximate surface area is 142 Å². The summed E-state index contributed by atoms with van der Waals surface area (Å²) in [6.45, 7) is 13.9. The van der Waals surface area contributed by atoms with E-state index in [0.717, 1.165) is 25.7 Å². The maximum Gasteiger partial charge on any atom is 0.486 e. The van der Waals surface area contributed by atoms with Crippen molar-refractivity contribution in [3.05, 3.63) is 12.1 Å². The second kappa shape index (κ2) is 7.84. The molecule has 23 heavy (non-hydrogen) atoms. The van der Waals surface area contributed by atoms with Crippen LogP contribution >= 0.6 is 0 Å². The van der Waals surface area contributed by atoms with Crippen molar-refractivity contribution >= 4 is 13.1 Å². The van der Waals surface area contributed by atoms with Crippen LogP contribution in [0.15, 0.2) is 12.1 Å². The molecular formula is C18H33BO4. The molecule has 0 radical (unpaired) electrons. The van der Waals surface area contributed by atoms with Crippen LogP contribution in [0, 0.1) is 0 Å². The largest absolute Gasteiger partial charge is 0.486 e. The highest BCUT2D eigenvalue weighted by molar-refractivity contribution is 6.51. The van der Waals surface area contributed by atoms with Gasteiger partial charge in [-0.3, -0.25) is 4.79 Å². The summed E-state index contributed by atoms with van der Waals surface area (Å²) in [4.78, 5) is 11.6. The van der Waals surface area contributed by atoms with E-state index in [9.17, 15) is 4.79 Å². The number of hydrogen-bond acceptors (Lipinski definition) is 4. The minimum absolute atomic E-state index is 0.106. The number of unbranched alkanes of at least 4 members (excludes halogenated alkanes) is 3. The van der Waals surface area contributed by atoms with Gasteiger partial charge in [0.25, 0.3) is 0 Å². The van der Waals surface area contributed by atoms with Gasteiger partial charge >= 0.3 is 13.1 Å². The first-order chi connectivity index (χ1) is 10.4. The molecule has 132 valence electrons. The van der Waals surface area contributed by atoms with Crippen LogP contribution in [0.5, 0.6) is 0 Å². The van der Waals surface area contributed by atoms with E-state index in [1.165, 1.54) is 0 Å². The fourth-order valence-corrected chi connectivity index (χ4v) is 2.28. The summed E-state index contributed by atoms with van der Waals surface area (Å²) in [5, 5.41) is 0. The molecule has 0 saturated carbocycles. The van der Waals surface area contributed by atoms with Gasteiger partial charge in [-0.2, -0.15) is 0 Å². The zero-order valence-corrected chi connectivity index (χ0v) is 15.9. The fraction of sp³-hybridized carbons (Fsp3) is 0.833. The summed E-state index contributed by atoms with van der Waals surface area (Å²) in [6, 6.07) is 0. The summed E-state index contributed by atoms with van der Waals surface area (Å²) in [5.74, 6) is 1.88. The van der Waals surface area contributed by atoms with Crippen molar-refractivity contribution in [3.8, 4) is 0 Å². The van der Waals surface area contributed by atoms with E-state index in [4.69, 9.17) is 14.0 Å². The lowest BCUT2D eigenvalue weighted by Gasteiger charge is -2.32.